The molecule has 1 saturated heterocycles. The molecule has 1 aromatic rings. The van der Waals surface area contributed by atoms with Gasteiger partial charge in [0.15, 0.2) is 0 Å². The Morgan fingerprint density at radius 2 is 1.81 bits per heavy atom. The zero-order valence-electron chi connectivity index (χ0n) is 16.0. The lowest BCUT2D eigenvalue weighted by Gasteiger charge is -2.40. The van der Waals surface area contributed by atoms with Crippen LogP contribution in [0, 0.1) is 6.92 Å². The van der Waals surface area contributed by atoms with E-state index in [-0.39, 0.29) is 17.2 Å². The van der Waals surface area contributed by atoms with Gasteiger partial charge in [-0.3, -0.25) is 4.79 Å². The first-order valence-corrected chi connectivity index (χ1v) is 10.9. The van der Waals surface area contributed by atoms with Crippen molar-refractivity contribution < 1.29 is 13.2 Å². The number of amides is 1. The number of nitrogens with one attached hydrogen (secondary N) is 2. The number of carbonyl (C=O) groups excluding carboxylic acids is 1. The lowest BCUT2D eigenvalue weighted by molar-refractivity contribution is -0.122. The number of carbonyl (C=O) groups is 1. The predicted molar refractivity (Wildman–Crippen MR) is 105 cm³/mol. The van der Waals surface area contributed by atoms with E-state index < -0.39 is 10.0 Å². The van der Waals surface area contributed by atoms with Crippen molar-refractivity contribution in [2.24, 2.45) is 0 Å². The summed E-state index contributed by atoms with van der Waals surface area (Å²) >= 11 is 0. The maximum Gasteiger partial charge on any atom is 0.224 e. The van der Waals surface area contributed by atoms with Crippen LogP contribution in [0.5, 0.6) is 0 Å². The lowest BCUT2D eigenvalue weighted by atomic mass is 9.89. The van der Waals surface area contributed by atoms with Gasteiger partial charge in [0.2, 0.25) is 15.9 Å². The SMILES string of the molecule is CCS(=O)(=O)NCCN1CCC(C)(NC(=O)Cc2ccc(C)cc2)CC1. The molecule has 7 heteroatoms. The third kappa shape index (κ3) is 6.70. The average molecular weight is 382 g/mol. The first-order valence-electron chi connectivity index (χ1n) is 9.28. The molecule has 0 radical (unpaired) electrons. The third-order valence-electron chi connectivity index (χ3n) is 5.02. The fourth-order valence-electron chi connectivity index (χ4n) is 3.13. The third-order valence-corrected chi connectivity index (χ3v) is 6.42. The standard InChI is InChI=1S/C19H31N3O3S/c1-4-26(24,25)20-11-14-22-12-9-19(3,10-13-22)21-18(23)15-17-7-5-16(2)6-8-17/h5-8,20H,4,9-15H2,1-3H3,(H,21,23). The maximum absolute atomic E-state index is 12.4. The van der Waals surface area contributed by atoms with Crippen LogP contribution < -0.4 is 10.0 Å². The van der Waals surface area contributed by atoms with Gasteiger partial charge in [0.1, 0.15) is 0 Å². The van der Waals surface area contributed by atoms with Crippen molar-refractivity contribution in [1.29, 1.82) is 0 Å². The average Bonchev–Trinajstić information content (AvgIpc) is 2.58. The maximum atomic E-state index is 12.4. The number of hydrogen-bond donors (Lipinski definition) is 2. The van der Waals surface area contributed by atoms with Crippen LogP contribution in [0.1, 0.15) is 37.8 Å². The number of sulfonamides is 1. The van der Waals surface area contributed by atoms with Crippen LogP contribution in [0.2, 0.25) is 0 Å². The van der Waals surface area contributed by atoms with Crippen LogP contribution in [0.4, 0.5) is 0 Å². The molecule has 0 unspecified atom stereocenters. The van der Waals surface area contributed by atoms with Gasteiger partial charge < -0.3 is 10.2 Å². The molecule has 0 aromatic heterocycles. The summed E-state index contributed by atoms with van der Waals surface area (Å²) in [5, 5.41) is 3.19. The molecule has 0 spiro atoms. The van der Waals surface area contributed by atoms with Gasteiger partial charge in [-0.25, -0.2) is 13.1 Å². The topological polar surface area (TPSA) is 78.5 Å². The Kier molecular flexibility index (Phi) is 7.20. The molecule has 0 aliphatic carbocycles. The molecule has 0 atom stereocenters. The summed E-state index contributed by atoms with van der Waals surface area (Å²) < 4.78 is 25.5. The van der Waals surface area contributed by atoms with Gasteiger partial charge >= 0.3 is 0 Å². The van der Waals surface area contributed by atoms with E-state index in [0.717, 1.165) is 31.5 Å². The molecule has 1 fully saturated rings. The first-order chi connectivity index (χ1) is 12.2. The number of rotatable bonds is 8. The van der Waals surface area contributed by atoms with E-state index in [1.54, 1.807) is 6.92 Å². The minimum Gasteiger partial charge on any atom is -0.351 e. The van der Waals surface area contributed by atoms with Crippen LogP contribution in [0.15, 0.2) is 24.3 Å². The summed E-state index contributed by atoms with van der Waals surface area (Å²) in [7, 11) is -3.13. The monoisotopic (exact) mass is 381 g/mol. The molecule has 1 heterocycles. The van der Waals surface area contributed by atoms with Gasteiger partial charge in [-0.05, 0) is 39.2 Å². The summed E-state index contributed by atoms with van der Waals surface area (Å²) in [6, 6.07) is 8.04. The van der Waals surface area contributed by atoms with Crippen molar-refractivity contribution in [2.45, 2.75) is 45.6 Å². The van der Waals surface area contributed by atoms with E-state index in [9.17, 15) is 13.2 Å². The highest BCUT2D eigenvalue weighted by molar-refractivity contribution is 7.89. The molecular formula is C19H31N3O3S. The van der Waals surface area contributed by atoms with Gasteiger partial charge in [-0.2, -0.15) is 0 Å². The molecule has 0 saturated carbocycles. The number of likely N-dealkylation sites (tertiary alicyclic amines) is 1. The first kappa shape index (κ1) is 20.9. The van der Waals surface area contributed by atoms with Crippen LogP contribution >= 0.6 is 0 Å². The van der Waals surface area contributed by atoms with E-state index >= 15 is 0 Å². The number of piperidine rings is 1. The largest absolute Gasteiger partial charge is 0.351 e. The van der Waals surface area contributed by atoms with Crippen molar-refractivity contribution in [3.8, 4) is 0 Å². The fraction of sp³-hybridized carbons (Fsp3) is 0.632. The molecule has 1 aromatic carbocycles. The van der Waals surface area contributed by atoms with E-state index in [1.165, 1.54) is 5.56 Å². The Hall–Kier alpha value is -1.44. The Balaban J connectivity index is 1.74. The number of hydrogen-bond acceptors (Lipinski definition) is 4. The van der Waals surface area contributed by atoms with Crippen molar-refractivity contribution in [2.75, 3.05) is 31.9 Å². The minimum absolute atomic E-state index is 0.0560. The second-order valence-electron chi connectivity index (χ2n) is 7.41. The highest BCUT2D eigenvalue weighted by Gasteiger charge is 2.31. The Bertz CT molecular complexity index is 693. The van der Waals surface area contributed by atoms with E-state index in [1.807, 2.05) is 31.2 Å². The molecule has 2 rings (SSSR count). The Morgan fingerprint density at radius 1 is 1.19 bits per heavy atom. The quantitative estimate of drug-likeness (QED) is 0.714. The second kappa shape index (κ2) is 8.97. The molecule has 1 aliphatic rings. The number of aryl methyl sites for hydroxylation is 1. The van der Waals surface area contributed by atoms with Gasteiger partial charge in [-0.1, -0.05) is 29.8 Å². The minimum atomic E-state index is -3.13. The van der Waals surface area contributed by atoms with E-state index in [4.69, 9.17) is 0 Å². The summed E-state index contributed by atoms with van der Waals surface area (Å²) in [6.07, 6.45) is 2.14. The van der Waals surface area contributed by atoms with Crippen molar-refractivity contribution >= 4 is 15.9 Å². The van der Waals surface area contributed by atoms with Crippen molar-refractivity contribution in [3.05, 3.63) is 35.4 Å². The van der Waals surface area contributed by atoms with Crippen molar-refractivity contribution in [1.82, 2.24) is 14.9 Å². The van der Waals surface area contributed by atoms with Gasteiger partial charge in [-0.15, -0.1) is 0 Å². The summed E-state index contributed by atoms with van der Waals surface area (Å²) in [5.74, 6) is 0.165. The van der Waals surface area contributed by atoms with Crippen LogP contribution in [-0.4, -0.2) is 56.7 Å². The van der Waals surface area contributed by atoms with Gasteiger partial charge in [0.25, 0.3) is 0 Å². The summed E-state index contributed by atoms with van der Waals surface area (Å²) in [5.41, 5.74) is 2.02. The molecule has 26 heavy (non-hydrogen) atoms. The van der Waals surface area contributed by atoms with Crippen LogP contribution in [0.3, 0.4) is 0 Å². The normalized spacial score (nSPS) is 17.8. The fourth-order valence-corrected chi connectivity index (χ4v) is 3.74. The smallest absolute Gasteiger partial charge is 0.224 e. The van der Waals surface area contributed by atoms with E-state index in [2.05, 4.69) is 21.9 Å². The predicted octanol–water partition coefficient (Wildman–Crippen LogP) is 1.45. The molecule has 1 amide bonds. The number of benzene rings is 1. The zero-order chi connectivity index (χ0) is 19.2. The van der Waals surface area contributed by atoms with Gasteiger partial charge in [0, 0.05) is 31.7 Å². The van der Waals surface area contributed by atoms with Crippen LogP contribution in [0.25, 0.3) is 0 Å². The lowest BCUT2D eigenvalue weighted by Crippen LogP contribution is -2.54. The number of nitrogens with zero attached hydrogens (tertiary/aromatic N) is 1. The molecule has 0 bridgehead atoms. The molecular weight excluding hydrogens is 350 g/mol. The molecule has 1 aliphatic heterocycles. The molecule has 2 N–H and O–H groups in total. The van der Waals surface area contributed by atoms with E-state index in [0.29, 0.717) is 19.5 Å². The highest BCUT2D eigenvalue weighted by atomic mass is 32.2. The summed E-state index contributed by atoms with van der Waals surface area (Å²) in [4.78, 5) is 14.6. The van der Waals surface area contributed by atoms with Crippen molar-refractivity contribution in [3.63, 3.8) is 0 Å². The second-order valence-corrected chi connectivity index (χ2v) is 9.51. The summed E-state index contributed by atoms with van der Waals surface area (Å²) in [6.45, 7) is 8.61. The van der Waals surface area contributed by atoms with Gasteiger partial charge in [0.05, 0.1) is 12.2 Å². The highest BCUT2D eigenvalue weighted by Crippen LogP contribution is 2.21. The zero-order valence-corrected chi connectivity index (χ0v) is 16.9. The Labute approximate surface area is 157 Å². The molecule has 6 nitrogen and oxygen atoms in total. The Morgan fingerprint density at radius 3 is 2.38 bits per heavy atom. The molecule has 146 valence electrons. The van der Waals surface area contributed by atoms with Crippen LogP contribution in [-0.2, 0) is 21.2 Å².